The van der Waals surface area contributed by atoms with E-state index in [9.17, 15) is 5.11 Å². The first-order chi connectivity index (χ1) is 7.39. The van der Waals surface area contributed by atoms with Crippen LogP contribution in [0.15, 0.2) is 12.3 Å². The van der Waals surface area contributed by atoms with E-state index in [0.717, 1.165) is 18.1 Å². The van der Waals surface area contributed by atoms with Gasteiger partial charge in [0.1, 0.15) is 11.6 Å². The number of aryl methyl sites for hydroxylation is 1. The Labute approximate surface area is 97.1 Å². The largest absolute Gasteiger partial charge is 0.388 e. The molecule has 16 heavy (non-hydrogen) atoms. The van der Waals surface area contributed by atoms with Gasteiger partial charge in [-0.3, -0.25) is 0 Å². The van der Waals surface area contributed by atoms with Crippen molar-refractivity contribution < 1.29 is 5.11 Å². The topological polar surface area (TPSA) is 58.0 Å². The Balaban J connectivity index is 2.50. The smallest absolute Gasteiger partial charge is 0.129 e. The summed E-state index contributed by atoms with van der Waals surface area (Å²) >= 11 is 0. The molecule has 0 fully saturated rings. The van der Waals surface area contributed by atoms with Gasteiger partial charge in [0, 0.05) is 12.7 Å². The Morgan fingerprint density at radius 2 is 2.19 bits per heavy atom. The Morgan fingerprint density at radius 1 is 1.50 bits per heavy atom. The minimum absolute atomic E-state index is 0.476. The molecule has 0 spiro atoms. The van der Waals surface area contributed by atoms with Crippen LogP contribution in [0.2, 0.25) is 0 Å². The van der Waals surface area contributed by atoms with Crippen molar-refractivity contribution in [3.8, 4) is 0 Å². The predicted octanol–water partition coefficient (Wildman–Crippen LogP) is 1.99. The third-order valence-electron chi connectivity index (χ3n) is 2.27. The highest BCUT2D eigenvalue weighted by Gasteiger charge is 2.21. The molecule has 0 amide bonds. The summed E-state index contributed by atoms with van der Waals surface area (Å²) < 4.78 is 0. The minimum Gasteiger partial charge on any atom is -0.388 e. The van der Waals surface area contributed by atoms with Gasteiger partial charge >= 0.3 is 0 Å². The average molecular weight is 223 g/mol. The lowest BCUT2D eigenvalue weighted by molar-refractivity contribution is 0.0514. The lowest BCUT2D eigenvalue weighted by Crippen LogP contribution is -2.35. The number of anilines is 1. The number of nitrogens with zero attached hydrogens (tertiary/aromatic N) is 2. The van der Waals surface area contributed by atoms with E-state index in [0.29, 0.717) is 12.5 Å². The predicted molar refractivity (Wildman–Crippen MR) is 65.3 cm³/mol. The van der Waals surface area contributed by atoms with Crippen molar-refractivity contribution in [1.29, 1.82) is 0 Å². The molecular formula is C12H21N3O. The maximum Gasteiger partial charge on any atom is 0.129 e. The van der Waals surface area contributed by atoms with Crippen molar-refractivity contribution in [2.75, 3.05) is 11.9 Å². The second-order valence-electron chi connectivity index (χ2n) is 4.94. The van der Waals surface area contributed by atoms with E-state index in [2.05, 4.69) is 29.1 Å². The van der Waals surface area contributed by atoms with Gasteiger partial charge in [-0.1, -0.05) is 13.8 Å². The molecule has 1 aromatic rings. The van der Waals surface area contributed by atoms with Crippen LogP contribution >= 0.6 is 0 Å². The summed E-state index contributed by atoms with van der Waals surface area (Å²) in [6.45, 7) is 8.39. The SMILES string of the molecule is Cc1nccc(NCC(C)(O)CC(C)C)n1. The maximum absolute atomic E-state index is 10.1. The molecule has 4 nitrogen and oxygen atoms in total. The van der Waals surface area contributed by atoms with Crippen molar-refractivity contribution in [2.24, 2.45) is 5.92 Å². The van der Waals surface area contributed by atoms with Crippen LogP contribution in [-0.4, -0.2) is 27.2 Å². The van der Waals surface area contributed by atoms with Crippen LogP contribution in [0.25, 0.3) is 0 Å². The summed E-state index contributed by atoms with van der Waals surface area (Å²) in [5.41, 5.74) is -0.701. The van der Waals surface area contributed by atoms with Gasteiger partial charge in [0.25, 0.3) is 0 Å². The zero-order chi connectivity index (χ0) is 12.2. The fourth-order valence-corrected chi connectivity index (χ4v) is 1.79. The van der Waals surface area contributed by atoms with E-state index in [4.69, 9.17) is 0 Å². The molecule has 1 heterocycles. The molecule has 4 heteroatoms. The number of rotatable bonds is 5. The molecule has 0 saturated heterocycles. The van der Waals surface area contributed by atoms with Crippen LogP contribution in [-0.2, 0) is 0 Å². The Morgan fingerprint density at radius 3 is 2.75 bits per heavy atom. The van der Waals surface area contributed by atoms with Crippen LogP contribution in [0, 0.1) is 12.8 Å². The molecule has 0 radical (unpaired) electrons. The molecule has 1 unspecified atom stereocenters. The van der Waals surface area contributed by atoms with Gasteiger partial charge in [0.05, 0.1) is 5.60 Å². The molecule has 0 aliphatic carbocycles. The molecular weight excluding hydrogens is 202 g/mol. The fraction of sp³-hybridized carbons (Fsp3) is 0.667. The molecule has 1 atom stereocenters. The van der Waals surface area contributed by atoms with Crippen LogP contribution in [0.1, 0.15) is 33.0 Å². The summed E-state index contributed by atoms with van der Waals surface area (Å²) in [6, 6.07) is 1.80. The Bertz CT molecular complexity index is 337. The minimum atomic E-state index is -0.701. The first kappa shape index (κ1) is 12.9. The van der Waals surface area contributed by atoms with Crippen LogP contribution in [0.3, 0.4) is 0 Å². The van der Waals surface area contributed by atoms with Gasteiger partial charge in [-0.05, 0) is 32.3 Å². The monoisotopic (exact) mass is 223 g/mol. The molecule has 90 valence electrons. The van der Waals surface area contributed by atoms with Gasteiger partial charge in [0.15, 0.2) is 0 Å². The summed E-state index contributed by atoms with van der Waals surface area (Å²) in [6.07, 6.45) is 2.48. The quantitative estimate of drug-likeness (QED) is 0.801. The van der Waals surface area contributed by atoms with Crippen molar-refractivity contribution in [1.82, 2.24) is 9.97 Å². The highest BCUT2D eigenvalue weighted by atomic mass is 16.3. The lowest BCUT2D eigenvalue weighted by Gasteiger charge is -2.25. The Kier molecular flexibility index (Phi) is 4.24. The third kappa shape index (κ3) is 4.57. The van der Waals surface area contributed by atoms with E-state index in [-0.39, 0.29) is 0 Å². The third-order valence-corrected chi connectivity index (χ3v) is 2.27. The van der Waals surface area contributed by atoms with Gasteiger partial charge in [-0.2, -0.15) is 0 Å². The molecule has 1 aromatic heterocycles. The molecule has 0 aliphatic rings. The normalized spacial score (nSPS) is 14.9. The van der Waals surface area contributed by atoms with E-state index < -0.39 is 5.60 Å². The second kappa shape index (κ2) is 5.25. The van der Waals surface area contributed by atoms with Crippen LogP contribution < -0.4 is 5.32 Å². The first-order valence-electron chi connectivity index (χ1n) is 5.65. The van der Waals surface area contributed by atoms with Crippen molar-refractivity contribution >= 4 is 5.82 Å². The van der Waals surface area contributed by atoms with Gasteiger partial charge in [0.2, 0.25) is 0 Å². The van der Waals surface area contributed by atoms with E-state index in [1.54, 1.807) is 12.3 Å². The molecule has 2 N–H and O–H groups in total. The van der Waals surface area contributed by atoms with Crippen molar-refractivity contribution in [2.45, 2.75) is 39.7 Å². The Hall–Kier alpha value is -1.16. The molecule has 0 aromatic carbocycles. The standard InChI is InChI=1S/C12H21N3O/c1-9(2)7-12(4,16)8-14-11-5-6-13-10(3)15-11/h5-6,9,16H,7-8H2,1-4H3,(H,13,14,15). The van der Waals surface area contributed by atoms with Crippen molar-refractivity contribution in [3.63, 3.8) is 0 Å². The summed E-state index contributed by atoms with van der Waals surface area (Å²) in [7, 11) is 0. The summed E-state index contributed by atoms with van der Waals surface area (Å²) in [5, 5.41) is 13.2. The maximum atomic E-state index is 10.1. The number of nitrogens with one attached hydrogen (secondary N) is 1. The summed E-state index contributed by atoms with van der Waals surface area (Å²) in [4.78, 5) is 8.24. The second-order valence-corrected chi connectivity index (χ2v) is 4.94. The van der Waals surface area contributed by atoms with Gasteiger partial charge in [-0.15, -0.1) is 0 Å². The summed E-state index contributed by atoms with van der Waals surface area (Å²) in [5.74, 6) is 1.97. The van der Waals surface area contributed by atoms with E-state index in [1.165, 1.54) is 0 Å². The number of hydrogen-bond donors (Lipinski definition) is 2. The zero-order valence-electron chi connectivity index (χ0n) is 10.5. The van der Waals surface area contributed by atoms with E-state index in [1.807, 2.05) is 13.8 Å². The lowest BCUT2D eigenvalue weighted by atomic mass is 9.94. The van der Waals surface area contributed by atoms with Crippen LogP contribution in [0.4, 0.5) is 5.82 Å². The van der Waals surface area contributed by atoms with Gasteiger partial charge < -0.3 is 10.4 Å². The molecule has 1 rings (SSSR count). The van der Waals surface area contributed by atoms with Gasteiger partial charge in [-0.25, -0.2) is 9.97 Å². The highest BCUT2D eigenvalue weighted by molar-refractivity contribution is 5.33. The average Bonchev–Trinajstić information content (AvgIpc) is 2.13. The zero-order valence-corrected chi connectivity index (χ0v) is 10.5. The first-order valence-corrected chi connectivity index (χ1v) is 5.65. The number of hydrogen-bond acceptors (Lipinski definition) is 4. The molecule has 0 bridgehead atoms. The molecule has 0 saturated carbocycles. The highest BCUT2D eigenvalue weighted by Crippen LogP contribution is 2.16. The number of aliphatic hydroxyl groups is 1. The van der Waals surface area contributed by atoms with E-state index >= 15 is 0 Å². The number of aromatic nitrogens is 2. The van der Waals surface area contributed by atoms with Crippen molar-refractivity contribution in [3.05, 3.63) is 18.1 Å². The fourth-order valence-electron chi connectivity index (χ4n) is 1.79. The molecule has 0 aliphatic heterocycles. The van der Waals surface area contributed by atoms with Crippen LogP contribution in [0.5, 0.6) is 0 Å².